The van der Waals surface area contributed by atoms with Crippen molar-refractivity contribution < 1.29 is 12.8 Å². The van der Waals surface area contributed by atoms with Crippen LogP contribution in [0.4, 0.5) is 4.39 Å². The molecule has 0 atom stereocenters. The third kappa shape index (κ3) is 8.82. The topological polar surface area (TPSA) is 65.0 Å². The molecule has 0 fully saturated rings. The van der Waals surface area contributed by atoms with E-state index in [1.54, 1.807) is 19.2 Å². The fourth-order valence-electron chi connectivity index (χ4n) is 2.34. The molecule has 1 N–H and O–H groups in total. The number of nitrogens with one attached hydrogen (secondary N) is 1. The molecule has 0 amide bonds. The van der Waals surface area contributed by atoms with Gasteiger partial charge in [0.1, 0.15) is 5.82 Å². The van der Waals surface area contributed by atoms with Gasteiger partial charge in [-0.2, -0.15) is 0 Å². The first-order chi connectivity index (χ1) is 11.3. The second-order valence-electron chi connectivity index (χ2n) is 5.56. The predicted octanol–water partition coefficient (Wildman–Crippen LogP) is 2.12. The van der Waals surface area contributed by atoms with Gasteiger partial charge in [0.25, 0.3) is 0 Å². The zero-order chi connectivity index (χ0) is 18.2. The van der Waals surface area contributed by atoms with Crippen molar-refractivity contribution in [1.29, 1.82) is 0 Å². The van der Waals surface area contributed by atoms with Crippen LogP contribution in [-0.2, 0) is 16.6 Å². The number of benzene rings is 1. The zero-order valence-electron chi connectivity index (χ0n) is 15.2. The lowest BCUT2D eigenvalue weighted by Gasteiger charge is -2.23. The van der Waals surface area contributed by atoms with Gasteiger partial charge in [-0.1, -0.05) is 19.1 Å². The first-order valence-electron chi connectivity index (χ1n) is 7.89. The predicted molar refractivity (Wildman–Crippen MR) is 111 cm³/mol. The van der Waals surface area contributed by atoms with Crippen molar-refractivity contribution in [3.8, 4) is 0 Å². The molecule has 0 aliphatic heterocycles. The molecule has 0 unspecified atom stereocenters. The van der Waals surface area contributed by atoms with E-state index in [9.17, 15) is 12.8 Å². The Bertz CT molecular complexity index is 638. The van der Waals surface area contributed by atoms with E-state index in [0.29, 0.717) is 38.6 Å². The molecule has 0 aromatic heterocycles. The number of halogens is 2. The molecule has 0 saturated carbocycles. The Morgan fingerprint density at radius 3 is 2.36 bits per heavy atom. The maximum atomic E-state index is 12.9. The lowest BCUT2D eigenvalue weighted by atomic mass is 10.2. The van der Waals surface area contributed by atoms with Gasteiger partial charge in [-0.25, -0.2) is 17.1 Å². The highest BCUT2D eigenvalue weighted by atomic mass is 127. The summed E-state index contributed by atoms with van der Waals surface area (Å²) in [4.78, 5) is 6.14. The summed E-state index contributed by atoms with van der Waals surface area (Å²) in [5.41, 5.74) is 0.982. The van der Waals surface area contributed by atoms with Crippen LogP contribution in [0, 0.1) is 5.82 Å². The average molecular weight is 486 g/mol. The first-order valence-corrected chi connectivity index (χ1v) is 9.74. The second-order valence-corrected chi connectivity index (χ2v) is 7.55. The SMILES string of the molecule is CCN(CCCNC(=NC)N(C)Cc1ccc(F)cc1)S(C)(=O)=O.I. The van der Waals surface area contributed by atoms with Gasteiger partial charge in [0.2, 0.25) is 10.0 Å². The van der Waals surface area contributed by atoms with Crippen LogP contribution in [0.5, 0.6) is 0 Å². The molecule has 0 aliphatic carbocycles. The van der Waals surface area contributed by atoms with Gasteiger partial charge >= 0.3 is 0 Å². The van der Waals surface area contributed by atoms with Crippen molar-refractivity contribution in [1.82, 2.24) is 14.5 Å². The summed E-state index contributed by atoms with van der Waals surface area (Å²) in [6.45, 7) is 3.99. The summed E-state index contributed by atoms with van der Waals surface area (Å²) in [5, 5.41) is 3.21. The van der Waals surface area contributed by atoms with Crippen LogP contribution < -0.4 is 5.32 Å². The fourth-order valence-corrected chi connectivity index (χ4v) is 3.27. The lowest BCUT2D eigenvalue weighted by Crippen LogP contribution is -2.40. The van der Waals surface area contributed by atoms with Crippen molar-refractivity contribution in [3.63, 3.8) is 0 Å². The monoisotopic (exact) mass is 486 g/mol. The minimum Gasteiger partial charge on any atom is -0.356 e. The van der Waals surface area contributed by atoms with Crippen molar-refractivity contribution in [2.24, 2.45) is 4.99 Å². The minimum atomic E-state index is -3.15. The Morgan fingerprint density at radius 1 is 1.28 bits per heavy atom. The Kier molecular flexibility index (Phi) is 11.2. The number of guanidine groups is 1. The first kappa shape index (κ1) is 24.1. The van der Waals surface area contributed by atoms with E-state index in [2.05, 4.69) is 10.3 Å². The molecule has 9 heteroatoms. The van der Waals surface area contributed by atoms with Crippen molar-refractivity contribution in [2.45, 2.75) is 19.9 Å². The molecule has 0 heterocycles. The van der Waals surface area contributed by atoms with E-state index < -0.39 is 10.0 Å². The van der Waals surface area contributed by atoms with E-state index in [0.717, 1.165) is 5.56 Å². The Hall–Kier alpha value is -0.940. The summed E-state index contributed by atoms with van der Waals surface area (Å²) in [6, 6.07) is 6.35. The van der Waals surface area contributed by atoms with Crippen LogP contribution in [0.1, 0.15) is 18.9 Å². The van der Waals surface area contributed by atoms with Crippen LogP contribution in [0.3, 0.4) is 0 Å². The van der Waals surface area contributed by atoms with E-state index in [1.165, 1.54) is 22.7 Å². The molecule has 0 aliphatic rings. The number of nitrogens with zero attached hydrogens (tertiary/aromatic N) is 3. The molecule has 6 nitrogen and oxygen atoms in total. The quantitative estimate of drug-likeness (QED) is 0.265. The summed E-state index contributed by atoms with van der Waals surface area (Å²) in [5.74, 6) is 0.456. The maximum absolute atomic E-state index is 12.9. The van der Waals surface area contributed by atoms with E-state index >= 15 is 0 Å². The molecule has 0 radical (unpaired) electrons. The molecule has 1 aromatic carbocycles. The third-order valence-corrected chi connectivity index (χ3v) is 4.97. The molecule has 1 rings (SSSR count). The largest absolute Gasteiger partial charge is 0.356 e. The van der Waals surface area contributed by atoms with Crippen LogP contribution in [-0.4, -0.2) is 63.6 Å². The minimum absolute atomic E-state index is 0. The molecule has 144 valence electrons. The number of aliphatic imine (C=N–C) groups is 1. The number of hydrogen-bond donors (Lipinski definition) is 1. The zero-order valence-corrected chi connectivity index (χ0v) is 18.3. The number of rotatable bonds is 8. The lowest BCUT2D eigenvalue weighted by molar-refractivity contribution is 0.419. The highest BCUT2D eigenvalue weighted by Gasteiger charge is 2.13. The summed E-state index contributed by atoms with van der Waals surface area (Å²) in [7, 11) is 0.442. The smallest absolute Gasteiger partial charge is 0.211 e. The second kappa shape index (κ2) is 11.6. The van der Waals surface area contributed by atoms with E-state index in [4.69, 9.17) is 0 Å². The van der Waals surface area contributed by atoms with E-state index in [1.807, 2.05) is 18.9 Å². The van der Waals surface area contributed by atoms with Gasteiger partial charge in [-0.3, -0.25) is 4.99 Å². The third-order valence-electron chi connectivity index (χ3n) is 3.60. The fraction of sp³-hybridized carbons (Fsp3) is 0.562. The van der Waals surface area contributed by atoms with Crippen LogP contribution >= 0.6 is 24.0 Å². The van der Waals surface area contributed by atoms with Gasteiger partial charge in [-0.15, -0.1) is 24.0 Å². The van der Waals surface area contributed by atoms with Gasteiger partial charge < -0.3 is 10.2 Å². The van der Waals surface area contributed by atoms with Crippen LogP contribution in [0.15, 0.2) is 29.3 Å². The summed E-state index contributed by atoms with van der Waals surface area (Å²) >= 11 is 0. The summed E-state index contributed by atoms with van der Waals surface area (Å²) in [6.07, 6.45) is 1.91. The highest BCUT2D eigenvalue weighted by Crippen LogP contribution is 2.06. The Balaban J connectivity index is 0.00000576. The number of hydrogen-bond acceptors (Lipinski definition) is 3. The van der Waals surface area contributed by atoms with Crippen molar-refractivity contribution in [3.05, 3.63) is 35.6 Å². The Labute approximate surface area is 167 Å². The standard InChI is InChI=1S/C16H27FN4O2S.HI/c1-5-21(24(4,22)23)12-6-11-19-16(18-2)20(3)13-14-7-9-15(17)10-8-14;/h7-10H,5-6,11-13H2,1-4H3,(H,18,19);1H. The van der Waals surface area contributed by atoms with E-state index in [-0.39, 0.29) is 29.8 Å². The van der Waals surface area contributed by atoms with Crippen molar-refractivity contribution >= 4 is 40.0 Å². The maximum Gasteiger partial charge on any atom is 0.211 e. The molecule has 0 bridgehead atoms. The van der Waals surface area contributed by atoms with Gasteiger partial charge in [0.15, 0.2) is 5.96 Å². The van der Waals surface area contributed by atoms with Crippen molar-refractivity contribution in [2.75, 3.05) is 40.0 Å². The number of sulfonamides is 1. The van der Waals surface area contributed by atoms with Crippen LogP contribution in [0.2, 0.25) is 0 Å². The molecule has 1 aromatic rings. The summed E-state index contributed by atoms with van der Waals surface area (Å²) < 4.78 is 37.4. The van der Waals surface area contributed by atoms with Gasteiger partial charge in [0.05, 0.1) is 6.26 Å². The highest BCUT2D eigenvalue weighted by molar-refractivity contribution is 14.0. The molecular weight excluding hydrogens is 458 g/mol. The van der Waals surface area contributed by atoms with Gasteiger partial charge in [-0.05, 0) is 24.1 Å². The molecule has 0 saturated heterocycles. The average Bonchev–Trinajstić information content (AvgIpc) is 2.51. The molecule has 25 heavy (non-hydrogen) atoms. The molecular formula is C16H28FIN4O2S. The van der Waals surface area contributed by atoms with Gasteiger partial charge in [0, 0.05) is 40.3 Å². The van der Waals surface area contributed by atoms with Crippen LogP contribution in [0.25, 0.3) is 0 Å². The normalized spacial score (nSPS) is 12.0. The Morgan fingerprint density at radius 2 is 1.88 bits per heavy atom. The molecule has 0 spiro atoms.